The molecule has 3 aromatic carbocycles. The molecule has 0 aliphatic carbocycles. The molecule has 1 amide bonds. The number of carbonyl (C=O) groups excluding carboxylic acids is 2. The van der Waals surface area contributed by atoms with Gasteiger partial charge in [0, 0.05) is 23.2 Å². The van der Waals surface area contributed by atoms with E-state index in [0.29, 0.717) is 29.2 Å². The Hall–Kier alpha value is -4.09. The number of anilines is 1. The highest BCUT2D eigenvalue weighted by atomic mass is 35.5. The first kappa shape index (κ1) is 36.9. The molecule has 10 nitrogen and oxygen atoms in total. The molecule has 0 aliphatic rings. The Morgan fingerprint density at radius 3 is 1.90 bits per heavy atom. The van der Waals surface area contributed by atoms with Gasteiger partial charge >= 0.3 is 11.9 Å². The van der Waals surface area contributed by atoms with Crippen LogP contribution in [0.15, 0.2) is 78.9 Å². The average Bonchev–Trinajstić information content (AvgIpc) is 2.95. The Morgan fingerprint density at radius 2 is 1.46 bits per heavy atom. The molecular weight excluding hydrogens is 548 g/mol. The zero-order valence-corrected chi connectivity index (χ0v) is 23.8. The highest BCUT2D eigenvalue weighted by Gasteiger charge is 2.09. The number of unbranched alkanes of at least 4 members (excludes halogenated alkanes) is 1. The lowest BCUT2D eigenvalue weighted by Crippen LogP contribution is -2.29. The first-order chi connectivity index (χ1) is 19.5. The van der Waals surface area contributed by atoms with Gasteiger partial charge in [-0.2, -0.15) is 0 Å². The van der Waals surface area contributed by atoms with E-state index in [1.807, 2.05) is 18.2 Å². The van der Waals surface area contributed by atoms with E-state index < -0.39 is 18.0 Å². The van der Waals surface area contributed by atoms with Gasteiger partial charge in [0.25, 0.3) is 0 Å². The molecule has 41 heavy (non-hydrogen) atoms. The molecule has 0 aromatic heterocycles. The van der Waals surface area contributed by atoms with Crippen LogP contribution in [-0.4, -0.2) is 53.5 Å². The Kier molecular flexibility index (Phi) is 20.4. The molecule has 0 aliphatic heterocycles. The lowest BCUT2D eigenvalue weighted by molar-refractivity contribution is -0.138. The number of hydrogen-bond donors (Lipinski definition) is 6. The number of aldehydes is 1. The van der Waals surface area contributed by atoms with Crippen molar-refractivity contribution >= 4 is 41.4 Å². The van der Waals surface area contributed by atoms with E-state index in [0.717, 1.165) is 32.1 Å². The van der Waals surface area contributed by atoms with Gasteiger partial charge in [-0.1, -0.05) is 48.4 Å². The van der Waals surface area contributed by atoms with Gasteiger partial charge in [0.15, 0.2) is 0 Å². The quantitative estimate of drug-likeness (QED) is 0.149. The maximum Gasteiger partial charge on any atom is 0.335 e. The van der Waals surface area contributed by atoms with E-state index >= 15 is 0 Å². The monoisotopic (exact) mass is 586 g/mol. The van der Waals surface area contributed by atoms with Crippen molar-refractivity contribution in [3.63, 3.8) is 0 Å². The van der Waals surface area contributed by atoms with Crippen molar-refractivity contribution in [2.24, 2.45) is 17.2 Å². The van der Waals surface area contributed by atoms with Crippen LogP contribution in [0.25, 0.3) is 0 Å². The largest absolute Gasteiger partial charge is 0.480 e. The molecule has 0 spiro atoms. The molecule has 1 unspecified atom stereocenters. The second-order valence-electron chi connectivity index (χ2n) is 8.49. The molecule has 0 radical (unpaired) electrons. The van der Waals surface area contributed by atoms with Crippen molar-refractivity contribution in [3.8, 4) is 0 Å². The smallest absolute Gasteiger partial charge is 0.335 e. The summed E-state index contributed by atoms with van der Waals surface area (Å²) >= 11 is 5.52. The number of carboxylic acids is 2. The van der Waals surface area contributed by atoms with Gasteiger partial charge in [-0.3, -0.25) is 14.4 Å². The van der Waals surface area contributed by atoms with Gasteiger partial charge in [0.2, 0.25) is 5.91 Å². The highest BCUT2D eigenvalue weighted by Crippen LogP contribution is 2.09. The molecule has 0 bridgehead atoms. The lowest BCUT2D eigenvalue weighted by Gasteiger charge is -2.03. The van der Waals surface area contributed by atoms with Crippen LogP contribution in [0.1, 0.15) is 52.5 Å². The summed E-state index contributed by atoms with van der Waals surface area (Å²) in [5.74, 6) is -1.98. The SMILES string of the molecule is CC(=O)Nc1ccc(C=O)cc1.NCCCCC(N)C(=O)O.NCCc1ccccc1.O=C(O)c1ccc(Cl)cc1. The Morgan fingerprint density at radius 1 is 0.878 bits per heavy atom. The first-order valence-corrected chi connectivity index (χ1v) is 13.2. The molecule has 0 fully saturated rings. The Bertz CT molecular complexity index is 1160. The maximum absolute atomic E-state index is 10.6. The standard InChI is InChI=1S/C9H9NO2.C8H11N.C7H5ClO2.C6H14N2O2/c1-7(12)10-9-4-2-8(6-11)3-5-9;9-7-6-8-4-2-1-3-5-8;8-6-3-1-5(2-4-6)7(9)10;7-4-2-1-3-5(8)6(9)10/h2-6H,1H3,(H,10,12);1-5H,6-7,9H2;1-4H,(H,9,10);5H,1-4,7-8H2,(H,9,10). The molecule has 222 valence electrons. The molecule has 9 N–H and O–H groups in total. The van der Waals surface area contributed by atoms with Gasteiger partial charge in [-0.15, -0.1) is 0 Å². The fourth-order valence-corrected chi connectivity index (χ4v) is 3.01. The fraction of sp³-hybridized carbons (Fsp3) is 0.267. The van der Waals surface area contributed by atoms with Gasteiger partial charge in [0.05, 0.1) is 5.56 Å². The molecule has 3 rings (SSSR count). The first-order valence-electron chi connectivity index (χ1n) is 12.8. The molecule has 0 heterocycles. The molecular formula is C30H39ClN4O6. The number of amides is 1. The summed E-state index contributed by atoms with van der Waals surface area (Å²) < 4.78 is 0. The van der Waals surface area contributed by atoms with E-state index in [1.165, 1.54) is 24.6 Å². The zero-order valence-electron chi connectivity index (χ0n) is 23.0. The van der Waals surface area contributed by atoms with Crippen LogP contribution >= 0.6 is 11.6 Å². The Labute approximate surface area is 245 Å². The number of nitrogens with two attached hydrogens (primary N) is 3. The average molecular weight is 587 g/mol. The summed E-state index contributed by atoms with van der Waals surface area (Å²) in [6, 6.07) is 22.2. The topological polar surface area (TPSA) is 199 Å². The fourth-order valence-electron chi connectivity index (χ4n) is 2.88. The van der Waals surface area contributed by atoms with Gasteiger partial charge in [-0.25, -0.2) is 4.79 Å². The number of aromatic carboxylic acids is 1. The van der Waals surface area contributed by atoms with E-state index in [1.54, 1.807) is 36.4 Å². The van der Waals surface area contributed by atoms with Crippen molar-refractivity contribution in [2.75, 3.05) is 18.4 Å². The van der Waals surface area contributed by atoms with Crippen molar-refractivity contribution in [1.82, 2.24) is 0 Å². The summed E-state index contributed by atoms with van der Waals surface area (Å²) in [5.41, 5.74) is 18.7. The van der Waals surface area contributed by atoms with E-state index in [9.17, 15) is 19.2 Å². The van der Waals surface area contributed by atoms with Crippen LogP contribution in [-0.2, 0) is 16.0 Å². The van der Waals surface area contributed by atoms with Crippen LogP contribution in [0.3, 0.4) is 0 Å². The van der Waals surface area contributed by atoms with Crippen LogP contribution < -0.4 is 22.5 Å². The molecule has 1 atom stereocenters. The summed E-state index contributed by atoms with van der Waals surface area (Å²) in [4.78, 5) is 41.2. The summed E-state index contributed by atoms with van der Waals surface area (Å²) in [6.45, 7) is 2.78. The predicted octanol–water partition coefficient (Wildman–Crippen LogP) is 4.21. The third-order valence-corrected chi connectivity index (χ3v) is 5.27. The number of halogens is 1. The third-order valence-electron chi connectivity index (χ3n) is 5.02. The minimum absolute atomic E-state index is 0.117. The number of carboxylic acid groups (broad SMARTS) is 2. The van der Waals surface area contributed by atoms with Crippen LogP contribution in [0.2, 0.25) is 5.02 Å². The van der Waals surface area contributed by atoms with E-state index in [2.05, 4.69) is 17.4 Å². The second-order valence-corrected chi connectivity index (χ2v) is 8.92. The molecule has 0 saturated heterocycles. The number of carbonyl (C=O) groups is 4. The van der Waals surface area contributed by atoms with Gasteiger partial charge < -0.3 is 32.7 Å². The van der Waals surface area contributed by atoms with Gasteiger partial charge in [0.1, 0.15) is 12.3 Å². The number of nitrogens with one attached hydrogen (secondary N) is 1. The summed E-state index contributed by atoms with van der Waals surface area (Å²) in [6.07, 6.45) is 3.91. The van der Waals surface area contributed by atoms with E-state index in [-0.39, 0.29) is 11.5 Å². The van der Waals surface area contributed by atoms with Crippen molar-refractivity contribution in [1.29, 1.82) is 0 Å². The minimum atomic E-state index is -0.934. The number of benzene rings is 3. The van der Waals surface area contributed by atoms with Crippen LogP contribution in [0, 0.1) is 0 Å². The maximum atomic E-state index is 10.6. The number of rotatable bonds is 10. The van der Waals surface area contributed by atoms with Crippen molar-refractivity contribution in [3.05, 3.63) is 101 Å². The van der Waals surface area contributed by atoms with Crippen molar-refractivity contribution in [2.45, 2.75) is 38.6 Å². The van der Waals surface area contributed by atoms with Crippen LogP contribution in [0.4, 0.5) is 5.69 Å². The normalized spacial score (nSPS) is 10.2. The molecule has 0 saturated carbocycles. The third kappa shape index (κ3) is 19.6. The van der Waals surface area contributed by atoms with E-state index in [4.69, 9.17) is 39.0 Å². The summed E-state index contributed by atoms with van der Waals surface area (Å²) in [5, 5.41) is 19.9. The Balaban J connectivity index is 0.000000523. The lowest BCUT2D eigenvalue weighted by atomic mass is 10.1. The molecule has 3 aromatic rings. The van der Waals surface area contributed by atoms with Crippen LogP contribution in [0.5, 0.6) is 0 Å². The van der Waals surface area contributed by atoms with Gasteiger partial charge in [-0.05, 0) is 86.4 Å². The highest BCUT2D eigenvalue weighted by molar-refractivity contribution is 6.30. The zero-order chi connectivity index (χ0) is 31.0. The summed E-state index contributed by atoms with van der Waals surface area (Å²) in [7, 11) is 0. The second kappa shape index (κ2) is 22.7. The minimum Gasteiger partial charge on any atom is -0.480 e. The number of hydrogen-bond acceptors (Lipinski definition) is 7. The number of aliphatic carboxylic acids is 1. The molecule has 11 heteroatoms. The van der Waals surface area contributed by atoms with Crippen molar-refractivity contribution < 1.29 is 29.4 Å². The predicted molar refractivity (Wildman–Crippen MR) is 162 cm³/mol.